The van der Waals surface area contributed by atoms with Crippen molar-refractivity contribution in [3.63, 3.8) is 0 Å². The summed E-state index contributed by atoms with van der Waals surface area (Å²) in [5.74, 6) is 2.19. The second kappa shape index (κ2) is 5.11. The average molecular weight is 278 g/mol. The highest BCUT2D eigenvalue weighted by atomic mass is 16.3. The first-order chi connectivity index (χ1) is 9.50. The third-order valence-electron chi connectivity index (χ3n) is 5.19. The van der Waals surface area contributed by atoms with E-state index in [1.54, 1.807) is 0 Å². The fourth-order valence-electron chi connectivity index (χ4n) is 3.39. The van der Waals surface area contributed by atoms with Crippen molar-refractivity contribution in [2.45, 2.75) is 77.6 Å². The van der Waals surface area contributed by atoms with Gasteiger partial charge < -0.3 is 15.0 Å². The Kier molecular flexibility index (Phi) is 3.58. The summed E-state index contributed by atoms with van der Waals surface area (Å²) in [6, 6.07) is 0.539. The highest BCUT2D eigenvalue weighted by molar-refractivity contribution is 5.07. The zero-order chi connectivity index (χ0) is 14.3. The van der Waals surface area contributed by atoms with Crippen LogP contribution < -0.4 is 5.32 Å². The number of nitrogens with one attached hydrogen (secondary N) is 1. The van der Waals surface area contributed by atoms with Gasteiger partial charge in [0.25, 0.3) is 0 Å². The molecule has 2 aliphatic rings. The van der Waals surface area contributed by atoms with Crippen LogP contribution in [-0.2, 0) is 13.0 Å². The van der Waals surface area contributed by atoms with Gasteiger partial charge in [-0.2, -0.15) is 0 Å². The number of hydrogen-bond acceptors (Lipinski definition) is 4. The van der Waals surface area contributed by atoms with Crippen LogP contribution in [0.4, 0.5) is 0 Å². The molecule has 0 saturated heterocycles. The molecule has 0 radical (unpaired) electrons. The van der Waals surface area contributed by atoms with Crippen molar-refractivity contribution >= 4 is 0 Å². The maximum Gasteiger partial charge on any atom is 0.149 e. The molecule has 1 aromatic rings. The van der Waals surface area contributed by atoms with Crippen LogP contribution in [0.15, 0.2) is 0 Å². The van der Waals surface area contributed by atoms with E-state index in [1.165, 1.54) is 19.3 Å². The van der Waals surface area contributed by atoms with Gasteiger partial charge in [0.1, 0.15) is 11.6 Å². The Morgan fingerprint density at radius 2 is 2.10 bits per heavy atom. The molecule has 3 rings (SSSR count). The van der Waals surface area contributed by atoms with Gasteiger partial charge in [0, 0.05) is 24.4 Å². The molecule has 1 aromatic heterocycles. The number of aryl methyl sites for hydroxylation is 1. The summed E-state index contributed by atoms with van der Waals surface area (Å²) < 4.78 is 2.30. The number of rotatable bonds is 3. The lowest BCUT2D eigenvalue weighted by Gasteiger charge is -2.50. The van der Waals surface area contributed by atoms with Crippen molar-refractivity contribution in [3.05, 3.63) is 11.6 Å². The summed E-state index contributed by atoms with van der Waals surface area (Å²) in [6.07, 6.45) is 5.42. The lowest BCUT2D eigenvalue weighted by Crippen LogP contribution is -2.60. The summed E-state index contributed by atoms with van der Waals surface area (Å²) in [4.78, 5) is 0. The van der Waals surface area contributed by atoms with Gasteiger partial charge in [0.15, 0.2) is 0 Å². The van der Waals surface area contributed by atoms with Gasteiger partial charge in [-0.15, -0.1) is 10.2 Å². The van der Waals surface area contributed by atoms with Crippen LogP contribution in [0.5, 0.6) is 0 Å². The van der Waals surface area contributed by atoms with E-state index >= 15 is 0 Å². The predicted molar refractivity (Wildman–Crippen MR) is 77.3 cm³/mol. The van der Waals surface area contributed by atoms with Gasteiger partial charge in [-0.1, -0.05) is 20.3 Å². The number of fused-ring (bicyclic) bond motifs is 1. The molecule has 5 nitrogen and oxygen atoms in total. The average Bonchev–Trinajstić information content (AvgIpc) is 2.67. The van der Waals surface area contributed by atoms with Crippen molar-refractivity contribution < 1.29 is 5.11 Å². The summed E-state index contributed by atoms with van der Waals surface area (Å²) in [7, 11) is 0. The van der Waals surface area contributed by atoms with Gasteiger partial charge in [-0.05, 0) is 26.2 Å². The minimum absolute atomic E-state index is 0.0457. The molecule has 0 bridgehead atoms. The zero-order valence-corrected chi connectivity index (χ0v) is 12.8. The van der Waals surface area contributed by atoms with Gasteiger partial charge >= 0.3 is 0 Å². The molecule has 1 aliphatic heterocycles. The Labute approximate surface area is 120 Å². The fraction of sp³-hybridized carbons (Fsp3) is 0.867. The molecule has 2 N–H and O–H groups in total. The Morgan fingerprint density at radius 1 is 1.30 bits per heavy atom. The Hall–Kier alpha value is -0.940. The molecule has 3 atom stereocenters. The van der Waals surface area contributed by atoms with Crippen LogP contribution in [-0.4, -0.2) is 32.0 Å². The van der Waals surface area contributed by atoms with Crippen LogP contribution in [0.3, 0.4) is 0 Å². The number of aromatic nitrogens is 3. The van der Waals surface area contributed by atoms with Crippen LogP contribution in [0.25, 0.3) is 0 Å². The van der Waals surface area contributed by atoms with Gasteiger partial charge in [-0.3, -0.25) is 0 Å². The number of nitrogens with zero attached hydrogens (tertiary/aromatic N) is 3. The van der Waals surface area contributed by atoms with Gasteiger partial charge in [-0.25, -0.2) is 0 Å². The second-order valence-corrected chi connectivity index (χ2v) is 6.95. The smallest absolute Gasteiger partial charge is 0.149 e. The van der Waals surface area contributed by atoms with Crippen molar-refractivity contribution in [1.29, 1.82) is 0 Å². The SMILES string of the molecule is CC(NC1CC(O)C1(C)C)c1nnc2n1CCCCC2. The molecular weight excluding hydrogens is 252 g/mol. The molecule has 0 spiro atoms. The van der Waals surface area contributed by atoms with Crippen LogP contribution in [0.1, 0.15) is 64.1 Å². The normalized spacial score (nSPS) is 30.2. The third-order valence-corrected chi connectivity index (χ3v) is 5.19. The molecule has 0 aromatic carbocycles. The van der Waals surface area contributed by atoms with Crippen LogP contribution in [0.2, 0.25) is 0 Å². The fourth-order valence-corrected chi connectivity index (χ4v) is 3.39. The summed E-state index contributed by atoms with van der Waals surface area (Å²) in [6.45, 7) is 7.44. The topological polar surface area (TPSA) is 63.0 Å². The van der Waals surface area contributed by atoms with E-state index in [0.29, 0.717) is 6.04 Å². The second-order valence-electron chi connectivity index (χ2n) is 6.95. The lowest BCUT2D eigenvalue weighted by atomic mass is 9.64. The number of aliphatic hydroxyl groups excluding tert-OH is 1. The maximum atomic E-state index is 9.85. The number of hydrogen-bond donors (Lipinski definition) is 2. The van der Waals surface area contributed by atoms with E-state index in [2.05, 4.69) is 40.9 Å². The lowest BCUT2D eigenvalue weighted by molar-refractivity contribution is -0.0758. The van der Waals surface area contributed by atoms with Crippen molar-refractivity contribution in [1.82, 2.24) is 20.1 Å². The Balaban J connectivity index is 1.72. The summed E-state index contributed by atoms with van der Waals surface area (Å²) in [5.41, 5.74) is -0.0457. The molecule has 20 heavy (non-hydrogen) atoms. The first-order valence-electron chi connectivity index (χ1n) is 7.86. The van der Waals surface area contributed by atoms with Crippen molar-refractivity contribution in [2.24, 2.45) is 5.41 Å². The molecule has 5 heteroatoms. The van der Waals surface area contributed by atoms with E-state index < -0.39 is 0 Å². The molecule has 1 aliphatic carbocycles. The van der Waals surface area contributed by atoms with Crippen LogP contribution in [0, 0.1) is 5.41 Å². The Bertz CT molecular complexity index is 482. The highest BCUT2D eigenvalue weighted by Gasteiger charge is 2.47. The third kappa shape index (κ3) is 2.27. The zero-order valence-electron chi connectivity index (χ0n) is 12.8. The van der Waals surface area contributed by atoms with Crippen molar-refractivity contribution in [3.8, 4) is 0 Å². The molecule has 112 valence electrons. The maximum absolute atomic E-state index is 9.85. The van der Waals surface area contributed by atoms with E-state index in [1.807, 2.05) is 0 Å². The van der Waals surface area contributed by atoms with E-state index in [-0.39, 0.29) is 17.6 Å². The first kappa shape index (κ1) is 14.0. The monoisotopic (exact) mass is 278 g/mol. The van der Waals surface area contributed by atoms with Crippen LogP contribution >= 0.6 is 0 Å². The molecule has 3 unspecified atom stereocenters. The highest BCUT2D eigenvalue weighted by Crippen LogP contribution is 2.41. The van der Waals surface area contributed by atoms with Gasteiger partial charge in [0.2, 0.25) is 0 Å². The van der Waals surface area contributed by atoms with E-state index in [4.69, 9.17) is 0 Å². The Morgan fingerprint density at radius 3 is 2.80 bits per heavy atom. The minimum Gasteiger partial charge on any atom is -0.392 e. The quantitative estimate of drug-likeness (QED) is 0.885. The molecule has 2 heterocycles. The van der Waals surface area contributed by atoms with Gasteiger partial charge in [0.05, 0.1) is 12.1 Å². The summed E-state index contributed by atoms with van der Waals surface area (Å²) >= 11 is 0. The standard InChI is InChI=1S/C15H26N4O/c1-10(16-11-9-12(20)15(11,2)3)14-18-17-13-7-5-4-6-8-19(13)14/h10-12,16,20H,4-9H2,1-3H3. The first-order valence-corrected chi connectivity index (χ1v) is 7.86. The van der Waals surface area contributed by atoms with E-state index in [0.717, 1.165) is 31.0 Å². The largest absolute Gasteiger partial charge is 0.392 e. The molecular formula is C15H26N4O. The summed E-state index contributed by atoms with van der Waals surface area (Å²) in [5, 5.41) is 22.2. The predicted octanol–water partition coefficient (Wildman–Crippen LogP) is 1.81. The molecule has 1 fully saturated rings. The molecule has 1 saturated carbocycles. The van der Waals surface area contributed by atoms with E-state index in [9.17, 15) is 5.11 Å². The van der Waals surface area contributed by atoms with Crippen molar-refractivity contribution in [2.75, 3.05) is 0 Å². The minimum atomic E-state index is -0.192. The molecule has 0 amide bonds. The number of aliphatic hydroxyl groups is 1.